The molecule has 0 atom stereocenters. The Labute approximate surface area is 153 Å². The van der Waals surface area contributed by atoms with E-state index in [0.29, 0.717) is 17.8 Å². The predicted octanol–water partition coefficient (Wildman–Crippen LogP) is 3.00. The van der Waals surface area contributed by atoms with Crippen molar-refractivity contribution in [3.63, 3.8) is 0 Å². The van der Waals surface area contributed by atoms with E-state index in [2.05, 4.69) is 48.2 Å². The van der Waals surface area contributed by atoms with Crippen molar-refractivity contribution in [1.82, 2.24) is 15.5 Å². The van der Waals surface area contributed by atoms with Crippen LogP contribution < -0.4 is 10.6 Å². The van der Waals surface area contributed by atoms with Gasteiger partial charge in [-0.3, -0.25) is 9.89 Å². The maximum absolute atomic E-state index is 9.29. The van der Waals surface area contributed by atoms with E-state index in [9.17, 15) is 5.11 Å². The molecule has 1 rings (SSSR count). The number of aromatic hydroxyl groups is 1. The molecule has 1 aromatic carbocycles. The van der Waals surface area contributed by atoms with E-state index in [1.54, 1.807) is 12.1 Å². The maximum Gasteiger partial charge on any atom is 0.190 e. The van der Waals surface area contributed by atoms with Crippen LogP contribution in [0, 0.1) is 0 Å². The summed E-state index contributed by atoms with van der Waals surface area (Å²) in [6, 6.07) is 8.58. The zero-order valence-electron chi connectivity index (χ0n) is 16.5. The molecule has 0 aromatic heterocycles. The second kappa shape index (κ2) is 11.7. The smallest absolute Gasteiger partial charge is 0.190 e. The normalized spacial score (nSPS) is 12.2. The number of nitrogens with one attached hydrogen (secondary N) is 2. The molecule has 25 heavy (non-hydrogen) atoms. The Morgan fingerprint density at radius 1 is 1.00 bits per heavy atom. The number of guanidine groups is 1. The second-order valence-electron chi connectivity index (χ2n) is 6.97. The van der Waals surface area contributed by atoms with Gasteiger partial charge in [-0.1, -0.05) is 12.1 Å². The first-order valence-electron chi connectivity index (χ1n) is 9.42. The van der Waals surface area contributed by atoms with Crippen LogP contribution in [0.3, 0.4) is 0 Å². The summed E-state index contributed by atoms with van der Waals surface area (Å²) in [6.07, 6.45) is 3.12. The number of rotatable bonds is 10. The van der Waals surface area contributed by atoms with E-state index in [-0.39, 0.29) is 0 Å². The van der Waals surface area contributed by atoms with Crippen molar-refractivity contribution in [1.29, 1.82) is 0 Å². The molecule has 0 saturated carbocycles. The molecule has 142 valence electrons. The summed E-state index contributed by atoms with van der Waals surface area (Å²) in [5.41, 5.74) is 1.24. The SMILES string of the molecule is CN=C(NCCCc1ccc(O)cc1)NCCCN(C(C)C)C(C)C. The molecule has 0 bridgehead atoms. The zero-order chi connectivity index (χ0) is 18.7. The predicted molar refractivity (Wildman–Crippen MR) is 107 cm³/mol. The molecule has 0 amide bonds. The quantitative estimate of drug-likeness (QED) is 0.346. The Morgan fingerprint density at radius 2 is 1.56 bits per heavy atom. The van der Waals surface area contributed by atoms with Crippen molar-refractivity contribution in [2.24, 2.45) is 4.99 Å². The van der Waals surface area contributed by atoms with Gasteiger partial charge in [0, 0.05) is 38.8 Å². The van der Waals surface area contributed by atoms with Crippen LogP contribution in [0.1, 0.15) is 46.1 Å². The van der Waals surface area contributed by atoms with E-state index < -0.39 is 0 Å². The topological polar surface area (TPSA) is 59.9 Å². The van der Waals surface area contributed by atoms with Crippen molar-refractivity contribution < 1.29 is 5.11 Å². The van der Waals surface area contributed by atoms with Gasteiger partial charge in [0.25, 0.3) is 0 Å². The molecular formula is C20H36N4O. The average Bonchev–Trinajstić information content (AvgIpc) is 2.57. The van der Waals surface area contributed by atoms with Crippen molar-refractivity contribution in [3.05, 3.63) is 29.8 Å². The molecule has 0 aliphatic carbocycles. The van der Waals surface area contributed by atoms with Gasteiger partial charge >= 0.3 is 0 Å². The highest BCUT2D eigenvalue weighted by Crippen LogP contribution is 2.10. The Morgan fingerprint density at radius 3 is 2.08 bits per heavy atom. The lowest BCUT2D eigenvalue weighted by molar-refractivity contribution is 0.173. The molecule has 0 aliphatic heterocycles. The van der Waals surface area contributed by atoms with E-state index in [1.807, 2.05) is 19.2 Å². The number of aryl methyl sites for hydroxylation is 1. The number of phenols is 1. The van der Waals surface area contributed by atoms with E-state index in [0.717, 1.165) is 44.9 Å². The van der Waals surface area contributed by atoms with Gasteiger partial charge in [0.15, 0.2) is 5.96 Å². The molecule has 0 spiro atoms. The third-order valence-corrected chi connectivity index (χ3v) is 4.31. The lowest BCUT2D eigenvalue weighted by atomic mass is 10.1. The van der Waals surface area contributed by atoms with Gasteiger partial charge in [-0.25, -0.2) is 0 Å². The highest BCUT2D eigenvalue weighted by Gasteiger charge is 2.12. The standard InChI is InChI=1S/C20H36N4O/c1-16(2)24(17(3)4)15-7-14-23-20(21-5)22-13-6-8-18-9-11-19(25)12-10-18/h9-12,16-17,25H,6-8,13-15H2,1-5H3,(H2,21,22,23). The zero-order valence-corrected chi connectivity index (χ0v) is 16.5. The maximum atomic E-state index is 9.29. The molecule has 0 saturated heterocycles. The fourth-order valence-electron chi connectivity index (χ4n) is 2.96. The van der Waals surface area contributed by atoms with Crippen LogP contribution in [0.4, 0.5) is 0 Å². The van der Waals surface area contributed by atoms with Crippen molar-refractivity contribution in [2.45, 2.75) is 59.0 Å². The molecule has 0 heterocycles. The highest BCUT2D eigenvalue weighted by atomic mass is 16.3. The Bertz CT molecular complexity index is 489. The van der Waals surface area contributed by atoms with Gasteiger partial charge in [-0.2, -0.15) is 0 Å². The number of hydrogen-bond acceptors (Lipinski definition) is 3. The fourth-order valence-corrected chi connectivity index (χ4v) is 2.96. The van der Waals surface area contributed by atoms with Crippen molar-refractivity contribution >= 4 is 5.96 Å². The van der Waals surface area contributed by atoms with Crippen LogP contribution in [0.5, 0.6) is 5.75 Å². The molecular weight excluding hydrogens is 312 g/mol. The average molecular weight is 349 g/mol. The lowest BCUT2D eigenvalue weighted by Gasteiger charge is -2.30. The first-order chi connectivity index (χ1) is 11.9. The van der Waals surface area contributed by atoms with Crippen LogP contribution >= 0.6 is 0 Å². The second-order valence-corrected chi connectivity index (χ2v) is 6.97. The molecule has 0 radical (unpaired) electrons. The van der Waals surface area contributed by atoms with Gasteiger partial charge in [0.2, 0.25) is 0 Å². The number of benzene rings is 1. The Kier molecular flexibility index (Phi) is 10.0. The molecule has 5 nitrogen and oxygen atoms in total. The van der Waals surface area contributed by atoms with E-state index in [1.165, 1.54) is 5.56 Å². The minimum absolute atomic E-state index is 0.319. The molecule has 5 heteroatoms. The molecule has 0 aliphatic rings. The molecule has 0 fully saturated rings. The number of aliphatic imine (C=N–C) groups is 1. The first-order valence-corrected chi connectivity index (χ1v) is 9.42. The third-order valence-electron chi connectivity index (χ3n) is 4.31. The van der Waals surface area contributed by atoms with Gasteiger partial charge in [-0.05, 0) is 64.7 Å². The van der Waals surface area contributed by atoms with E-state index >= 15 is 0 Å². The summed E-state index contributed by atoms with van der Waals surface area (Å²) in [7, 11) is 1.81. The van der Waals surface area contributed by atoms with Gasteiger partial charge in [-0.15, -0.1) is 0 Å². The van der Waals surface area contributed by atoms with Crippen molar-refractivity contribution in [3.8, 4) is 5.75 Å². The summed E-state index contributed by atoms with van der Waals surface area (Å²) in [5.74, 6) is 1.19. The van der Waals surface area contributed by atoms with Crippen molar-refractivity contribution in [2.75, 3.05) is 26.7 Å². The monoisotopic (exact) mass is 348 g/mol. The summed E-state index contributed by atoms with van der Waals surface area (Å²) >= 11 is 0. The van der Waals surface area contributed by atoms with Gasteiger partial charge < -0.3 is 15.7 Å². The summed E-state index contributed by atoms with van der Waals surface area (Å²) in [5, 5.41) is 16.0. The van der Waals surface area contributed by atoms with Gasteiger partial charge in [0.05, 0.1) is 0 Å². The van der Waals surface area contributed by atoms with Crippen LogP contribution in [-0.2, 0) is 6.42 Å². The lowest BCUT2D eigenvalue weighted by Crippen LogP contribution is -2.41. The minimum Gasteiger partial charge on any atom is -0.508 e. The van der Waals surface area contributed by atoms with E-state index in [4.69, 9.17) is 0 Å². The number of hydrogen-bond donors (Lipinski definition) is 3. The van der Waals surface area contributed by atoms with Gasteiger partial charge in [0.1, 0.15) is 5.75 Å². The van der Waals surface area contributed by atoms with Crippen LogP contribution in [0.25, 0.3) is 0 Å². The largest absolute Gasteiger partial charge is 0.508 e. The number of phenolic OH excluding ortho intramolecular Hbond substituents is 1. The van der Waals surface area contributed by atoms with Crippen LogP contribution in [0.2, 0.25) is 0 Å². The molecule has 1 aromatic rings. The minimum atomic E-state index is 0.319. The number of nitrogens with zero attached hydrogens (tertiary/aromatic N) is 2. The summed E-state index contributed by atoms with van der Waals surface area (Å²) < 4.78 is 0. The highest BCUT2D eigenvalue weighted by molar-refractivity contribution is 5.79. The fraction of sp³-hybridized carbons (Fsp3) is 0.650. The molecule has 0 unspecified atom stereocenters. The van der Waals surface area contributed by atoms with Crippen LogP contribution in [0.15, 0.2) is 29.3 Å². The van der Waals surface area contributed by atoms with Crippen LogP contribution in [-0.4, -0.2) is 54.7 Å². The Balaban J connectivity index is 2.19. The Hall–Kier alpha value is -1.75. The summed E-state index contributed by atoms with van der Waals surface area (Å²) in [6.45, 7) is 11.9. The first kappa shape index (κ1) is 21.3. The molecule has 3 N–H and O–H groups in total. The summed E-state index contributed by atoms with van der Waals surface area (Å²) in [4.78, 5) is 6.79. The third kappa shape index (κ3) is 8.77.